The van der Waals surface area contributed by atoms with E-state index in [1.54, 1.807) is 11.3 Å². The molecule has 108 valence electrons. The molecule has 0 spiro atoms. The minimum absolute atomic E-state index is 0.370. The van der Waals surface area contributed by atoms with Crippen LogP contribution in [0.2, 0.25) is 5.02 Å². The van der Waals surface area contributed by atoms with Crippen LogP contribution in [0.15, 0.2) is 35.7 Å². The van der Waals surface area contributed by atoms with Gasteiger partial charge in [-0.1, -0.05) is 23.7 Å². The van der Waals surface area contributed by atoms with Gasteiger partial charge in [0.15, 0.2) is 5.82 Å². The molecule has 0 fully saturated rings. The van der Waals surface area contributed by atoms with Crippen LogP contribution in [0, 0.1) is 0 Å². The number of benzene rings is 1. The van der Waals surface area contributed by atoms with Crippen molar-refractivity contribution in [2.24, 2.45) is 0 Å². The third kappa shape index (κ3) is 3.32. The van der Waals surface area contributed by atoms with Gasteiger partial charge in [-0.15, -0.1) is 11.3 Å². The summed E-state index contributed by atoms with van der Waals surface area (Å²) in [5.41, 5.74) is 1.04. The van der Waals surface area contributed by atoms with Crippen molar-refractivity contribution < 1.29 is 4.74 Å². The van der Waals surface area contributed by atoms with Gasteiger partial charge in [0, 0.05) is 12.1 Å². The number of thiophene rings is 1. The van der Waals surface area contributed by atoms with Crippen LogP contribution in [0.25, 0.3) is 10.2 Å². The van der Waals surface area contributed by atoms with Crippen molar-refractivity contribution in [1.82, 2.24) is 9.97 Å². The number of rotatable bonds is 5. The van der Waals surface area contributed by atoms with Crippen LogP contribution in [0.1, 0.15) is 11.4 Å². The first-order chi connectivity index (χ1) is 10.3. The third-order valence-corrected chi connectivity index (χ3v) is 4.04. The van der Waals surface area contributed by atoms with Gasteiger partial charge in [0.05, 0.1) is 12.0 Å². The van der Waals surface area contributed by atoms with Crippen molar-refractivity contribution in [1.29, 1.82) is 0 Å². The molecular weight excluding hydrogens is 306 g/mol. The second-order valence-electron chi connectivity index (χ2n) is 4.50. The molecule has 0 saturated carbocycles. The van der Waals surface area contributed by atoms with Gasteiger partial charge in [0.1, 0.15) is 17.3 Å². The molecule has 0 saturated heterocycles. The Morgan fingerprint density at radius 2 is 2.14 bits per heavy atom. The van der Waals surface area contributed by atoms with Crippen LogP contribution in [0.4, 0.5) is 5.82 Å². The van der Waals surface area contributed by atoms with Crippen LogP contribution in [-0.4, -0.2) is 17.0 Å². The molecule has 0 atom stereocenters. The summed E-state index contributed by atoms with van der Waals surface area (Å²) >= 11 is 7.54. The Hall–Kier alpha value is -1.69. The number of aromatic nitrogens is 2. The third-order valence-electron chi connectivity index (χ3n) is 3.00. The highest BCUT2D eigenvalue weighted by Gasteiger charge is 2.07. The highest BCUT2D eigenvalue weighted by Crippen LogP contribution is 2.24. The maximum Gasteiger partial charge on any atom is 0.158 e. The molecule has 1 aromatic carbocycles. The van der Waals surface area contributed by atoms with E-state index in [4.69, 9.17) is 16.3 Å². The summed E-state index contributed by atoms with van der Waals surface area (Å²) in [6.45, 7) is 0.857. The predicted octanol–water partition coefficient (Wildman–Crippen LogP) is 4.10. The number of anilines is 1. The van der Waals surface area contributed by atoms with Gasteiger partial charge < -0.3 is 10.1 Å². The molecule has 0 aliphatic carbocycles. The quantitative estimate of drug-likeness (QED) is 0.769. The normalized spacial score (nSPS) is 11.0. The predicted molar refractivity (Wildman–Crippen MR) is 86.9 cm³/mol. The van der Waals surface area contributed by atoms with E-state index >= 15 is 0 Å². The summed E-state index contributed by atoms with van der Waals surface area (Å²) in [6.07, 6.45) is 0. The fourth-order valence-electron chi connectivity index (χ4n) is 2.04. The molecule has 4 nitrogen and oxygen atoms in total. The minimum Gasteiger partial charge on any atom is -0.372 e. The van der Waals surface area contributed by atoms with Gasteiger partial charge in [-0.2, -0.15) is 0 Å². The smallest absolute Gasteiger partial charge is 0.158 e. The first kappa shape index (κ1) is 14.3. The van der Waals surface area contributed by atoms with Gasteiger partial charge in [0.2, 0.25) is 0 Å². The minimum atomic E-state index is 0.370. The largest absolute Gasteiger partial charge is 0.372 e. The van der Waals surface area contributed by atoms with Crippen molar-refractivity contribution in [3.05, 3.63) is 52.1 Å². The molecule has 3 aromatic rings. The van der Waals surface area contributed by atoms with Gasteiger partial charge in [0.25, 0.3) is 0 Å². The molecule has 0 aliphatic heterocycles. The Morgan fingerprint density at radius 1 is 1.24 bits per heavy atom. The lowest BCUT2D eigenvalue weighted by Gasteiger charge is -2.07. The van der Waals surface area contributed by atoms with Gasteiger partial charge >= 0.3 is 0 Å². The summed E-state index contributed by atoms with van der Waals surface area (Å²) in [5, 5.41) is 6.86. The van der Waals surface area contributed by atoms with Gasteiger partial charge in [-0.05, 0) is 29.1 Å². The van der Waals surface area contributed by atoms with Gasteiger partial charge in [-0.25, -0.2) is 9.97 Å². The zero-order valence-corrected chi connectivity index (χ0v) is 13.0. The van der Waals surface area contributed by atoms with Crippen molar-refractivity contribution in [2.75, 3.05) is 12.4 Å². The number of ether oxygens (including phenoxy) is 1. The maximum absolute atomic E-state index is 5.95. The van der Waals surface area contributed by atoms with E-state index in [1.807, 2.05) is 42.8 Å². The van der Waals surface area contributed by atoms with Crippen LogP contribution in [0.5, 0.6) is 0 Å². The Bertz CT molecular complexity index is 760. The summed E-state index contributed by atoms with van der Waals surface area (Å²) < 4.78 is 5.68. The first-order valence-corrected chi connectivity index (χ1v) is 7.76. The second-order valence-corrected chi connectivity index (χ2v) is 5.83. The monoisotopic (exact) mass is 319 g/mol. The molecule has 0 unspecified atom stereocenters. The molecule has 3 rings (SSSR count). The molecule has 0 bridgehead atoms. The Labute approximate surface area is 131 Å². The summed E-state index contributed by atoms with van der Waals surface area (Å²) in [6, 6.07) is 9.65. The van der Waals surface area contributed by atoms with Gasteiger partial charge in [-0.3, -0.25) is 0 Å². The highest BCUT2D eigenvalue weighted by molar-refractivity contribution is 7.16. The van der Waals surface area contributed by atoms with E-state index < -0.39 is 0 Å². The number of fused-ring (bicyclic) bond motifs is 1. The van der Waals surface area contributed by atoms with Crippen molar-refractivity contribution in [2.45, 2.75) is 13.2 Å². The zero-order valence-electron chi connectivity index (χ0n) is 11.5. The van der Waals surface area contributed by atoms with E-state index in [-0.39, 0.29) is 0 Å². The molecular formula is C15H14ClN3OS. The van der Waals surface area contributed by atoms with Crippen molar-refractivity contribution >= 4 is 39.0 Å². The van der Waals surface area contributed by atoms with Crippen LogP contribution >= 0.6 is 22.9 Å². The van der Waals surface area contributed by atoms with Crippen molar-refractivity contribution in [3.63, 3.8) is 0 Å². The second kappa shape index (κ2) is 6.39. The fraction of sp³-hybridized carbons (Fsp3) is 0.200. The molecule has 6 heteroatoms. The lowest BCUT2D eigenvalue weighted by molar-refractivity contribution is 0.102. The maximum atomic E-state index is 5.95. The van der Waals surface area contributed by atoms with Crippen LogP contribution in [0.3, 0.4) is 0 Å². The summed E-state index contributed by atoms with van der Waals surface area (Å²) in [7, 11) is 1.86. The molecule has 0 radical (unpaired) electrons. The lowest BCUT2D eigenvalue weighted by Crippen LogP contribution is -2.03. The molecule has 2 heterocycles. The molecule has 0 aliphatic rings. The Morgan fingerprint density at radius 3 is 2.95 bits per heavy atom. The van der Waals surface area contributed by atoms with E-state index in [9.17, 15) is 0 Å². The average Bonchev–Trinajstić information content (AvgIpc) is 2.95. The first-order valence-electron chi connectivity index (χ1n) is 6.50. The Balaban J connectivity index is 1.70. The number of hydrogen-bond acceptors (Lipinski definition) is 5. The number of hydrogen-bond donors (Lipinski definition) is 1. The lowest BCUT2D eigenvalue weighted by atomic mass is 10.2. The molecule has 21 heavy (non-hydrogen) atoms. The molecule has 2 aromatic heterocycles. The van der Waals surface area contributed by atoms with E-state index in [2.05, 4.69) is 15.3 Å². The van der Waals surface area contributed by atoms with E-state index in [0.29, 0.717) is 24.1 Å². The number of nitrogens with zero attached hydrogens (tertiary/aromatic N) is 2. The van der Waals surface area contributed by atoms with Crippen molar-refractivity contribution in [3.8, 4) is 0 Å². The highest BCUT2D eigenvalue weighted by atomic mass is 35.5. The number of nitrogens with one attached hydrogen (secondary N) is 1. The standard InChI is InChI=1S/C15H14ClN3OS/c1-17-14-12-5-6-21-15(12)19-13(18-14)9-20-8-10-3-2-4-11(16)7-10/h2-7H,8-9H2,1H3,(H,17,18,19). The zero-order chi connectivity index (χ0) is 14.7. The van der Waals surface area contributed by atoms with E-state index in [1.165, 1.54) is 0 Å². The van der Waals surface area contributed by atoms with E-state index in [0.717, 1.165) is 21.6 Å². The van der Waals surface area contributed by atoms with Crippen LogP contribution in [-0.2, 0) is 18.0 Å². The average molecular weight is 320 g/mol. The SMILES string of the molecule is CNc1nc(COCc2cccc(Cl)c2)nc2sccc12. The topological polar surface area (TPSA) is 47.0 Å². The summed E-state index contributed by atoms with van der Waals surface area (Å²) in [4.78, 5) is 9.95. The molecule has 0 amide bonds. The van der Waals surface area contributed by atoms with Crippen LogP contribution < -0.4 is 5.32 Å². The Kier molecular flexibility index (Phi) is 4.34. The molecule has 1 N–H and O–H groups in total. The summed E-state index contributed by atoms with van der Waals surface area (Å²) in [5.74, 6) is 1.51. The fourth-order valence-corrected chi connectivity index (χ4v) is 3.04. The number of halogens is 1.